The molecule has 0 radical (unpaired) electrons. The first-order valence-electron chi connectivity index (χ1n) is 14.1. The lowest BCUT2D eigenvalue weighted by Gasteiger charge is -2.36. The Morgan fingerprint density at radius 3 is 2.19 bits per heavy atom. The molecule has 0 saturated carbocycles. The Bertz CT molecular complexity index is 1890. The number of aromatic nitrogens is 2. The van der Waals surface area contributed by atoms with E-state index in [4.69, 9.17) is 0 Å². The molecule has 0 spiro atoms. The summed E-state index contributed by atoms with van der Waals surface area (Å²) >= 11 is 0. The molecule has 218 valence electrons. The lowest BCUT2D eigenvalue weighted by molar-refractivity contribution is 0.0631. The van der Waals surface area contributed by atoms with Crippen molar-refractivity contribution in [3.8, 4) is 16.9 Å². The van der Waals surface area contributed by atoms with Crippen LogP contribution in [0.1, 0.15) is 16.1 Å². The van der Waals surface area contributed by atoms with Gasteiger partial charge in [0.25, 0.3) is 15.9 Å². The van der Waals surface area contributed by atoms with Crippen LogP contribution in [0.25, 0.3) is 16.9 Å². The van der Waals surface area contributed by atoms with Crippen LogP contribution >= 0.6 is 0 Å². The highest BCUT2D eigenvalue weighted by atomic mass is 32.2. The highest BCUT2D eigenvalue weighted by Gasteiger charge is 2.32. The summed E-state index contributed by atoms with van der Waals surface area (Å²) in [6, 6.07) is 33.7. The normalized spacial score (nSPS) is 15.3. The second-order valence-electron chi connectivity index (χ2n) is 10.3. The lowest BCUT2D eigenvalue weighted by atomic mass is 10.0. The topological polar surface area (TPSA) is 116 Å². The van der Waals surface area contributed by atoms with Gasteiger partial charge in [-0.1, -0.05) is 91.0 Å². The minimum atomic E-state index is -3.96. The summed E-state index contributed by atoms with van der Waals surface area (Å²) < 4.78 is 30.5. The Balaban J connectivity index is 1.45. The number of anilines is 1. The van der Waals surface area contributed by atoms with Gasteiger partial charge in [0.1, 0.15) is 5.69 Å². The van der Waals surface area contributed by atoms with Gasteiger partial charge in [0.2, 0.25) is 0 Å². The van der Waals surface area contributed by atoms with Crippen LogP contribution in [0.15, 0.2) is 125 Å². The molecule has 3 N–H and O–H groups in total. The number of piperazine rings is 1. The van der Waals surface area contributed by atoms with Crippen molar-refractivity contribution < 1.29 is 13.2 Å². The van der Waals surface area contributed by atoms with Gasteiger partial charge < -0.3 is 15.2 Å². The van der Waals surface area contributed by atoms with Crippen molar-refractivity contribution in [3.63, 3.8) is 0 Å². The maximum absolute atomic E-state index is 14.3. The van der Waals surface area contributed by atoms with Crippen LogP contribution in [-0.2, 0) is 16.4 Å². The number of hydrogen-bond donors (Lipinski definition) is 3. The number of para-hydroxylation sites is 2. The third kappa shape index (κ3) is 5.88. The molecule has 1 aromatic heterocycles. The van der Waals surface area contributed by atoms with E-state index in [9.17, 15) is 18.0 Å². The standard InChI is InChI=1S/C33H31N5O4S/c39-32(37-21-20-34-23-26(37)22-24-12-4-1-5-13-24)30-31(25-14-6-2-7-15-25)38(33(40)35-30)29-19-11-10-18-28(29)36-43(41,42)27-16-8-3-9-17-27/h1-19,26,34,36H,20-23H2,(H,35,40). The van der Waals surface area contributed by atoms with Gasteiger partial charge in [0, 0.05) is 31.2 Å². The van der Waals surface area contributed by atoms with Crippen molar-refractivity contribution in [3.05, 3.63) is 137 Å². The molecule has 43 heavy (non-hydrogen) atoms. The van der Waals surface area contributed by atoms with E-state index in [1.807, 2.05) is 65.6 Å². The Morgan fingerprint density at radius 1 is 0.837 bits per heavy atom. The van der Waals surface area contributed by atoms with Crippen LogP contribution in [0.4, 0.5) is 5.69 Å². The van der Waals surface area contributed by atoms with Gasteiger partial charge in [-0.15, -0.1) is 0 Å². The number of rotatable bonds is 8. The highest BCUT2D eigenvalue weighted by molar-refractivity contribution is 7.92. The second kappa shape index (κ2) is 12.1. The minimum Gasteiger partial charge on any atom is -0.331 e. The molecular weight excluding hydrogens is 562 g/mol. The van der Waals surface area contributed by atoms with Crippen LogP contribution < -0.4 is 15.7 Å². The van der Waals surface area contributed by atoms with Gasteiger partial charge in [-0.3, -0.25) is 14.1 Å². The number of carbonyl (C=O) groups excluding carboxylic acids is 1. The summed E-state index contributed by atoms with van der Waals surface area (Å²) in [4.78, 5) is 32.8. The summed E-state index contributed by atoms with van der Waals surface area (Å²) in [6.07, 6.45) is 0.662. The van der Waals surface area contributed by atoms with E-state index in [1.54, 1.807) is 42.5 Å². The van der Waals surface area contributed by atoms with Gasteiger partial charge in [-0.05, 0) is 36.2 Å². The van der Waals surface area contributed by atoms with E-state index in [-0.39, 0.29) is 28.2 Å². The van der Waals surface area contributed by atoms with Crippen molar-refractivity contribution in [1.82, 2.24) is 19.8 Å². The van der Waals surface area contributed by atoms with Crippen molar-refractivity contribution in [1.29, 1.82) is 0 Å². The molecule has 2 heterocycles. The monoisotopic (exact) mass is 593 g/mol. The van der Waals surface area contributed by atoms with E-state index in [1.165, 1.54) is 16.7 Å². The van der Waals surface area contributed by atoms with Gasteiger partial charge >= 0.3 is 5.69 Å². The SMILES string of the molecule is O=C(c1[nH]c(=O)n(-c2ccccc2NS(=O)(=O)c2ccccc2)c1-c1ccccc1)N1CCNCC1Cc1ccccc1. The summed E-state index contributed by atoms with van der Waals surface area (Å²) in [5, 5.41) is 3.39. The number of nitrogens with one attached hydrogen (secondary N) is 3. The average molecular weight is 594 g/mol. The van der Waals surface area contributed by atoms with Crippen LogP contribution in [0, 0.1) is 0 Å². The number of amides is 1. The highest BCUT2D eigenvalue weighted by Crippen LogP contribution is 2.30. The second-order valence-corrected chi connectivity index (χ2v) is 12.0. The lowest BCUT2D eigenvalue weighted by Crippen LogP contribution is -2.54. The molecule has 1 aliphatic heterocycles. The number of imidazole rings is 1. The largest absolute Gasteiger partial charge is 0.331 e. The molecule has 1 saturated heterocycles. The van der Waals surface area contributed by atoms with E-state index < -0.39 is 15.7 Å². The molecule has 1 unspecified atom stereocenters. The molecule has 0 aliphatic carbocycles. The van der Waals surface area contributed by atoms with Crippen LogP contribution in [0.3, 0.4) is 0 Å². The molecule has 0 bridgehead atoms. The Kier molecular flexibility index (Phi) is 7.95. The van der Waals surface area contributed by atoms with E-state index in [0.29, 0.717) is 43.0 Å². The molecule has 10 heteroatoms. The zero-order valence-electron chi connectivity index (χ0n) is 23.3. The number of aromatic amines is 1. The number of hydrogen-bond acceptors (Lipinski definition) is 5. The summed E-state index contributed by atoms with van der Waals surface area (Å²) in [5.41, 5.74) is 2.21. The summed E-state index contributed by atoms with van der Waals surface area (Å²) in [5.74, 6) is -0.292. The molecule has 1 atom stereocenters. The quantitative estimate of drug-likeness (QED) is 0.248. The number of carbonyl (C=O) groups is 1. The molecule has 1 fully saturated rings. The molecule has 6 rings (SSSR count). The number of benzene rings is 4. The molecule has 9 nitrogen and oxygen atoms in total. The van der Waals surface area contributed by atoms with E-state index in [0.717, 1.165) is 5.56 Å². The zero-order chi connectivity index (χ0) is 29.8. The van der Waals surface area contributed by atoms with Gasteiger partial charge in [-0.2, -0.15) is 0 Å². The van der Waals surface area contributed by atoms with Gasteiger partial charge in [0.05, 0.1) is 22.0 Å². The fourth-order valence-electron chi connectivity index (χ4n) is 5.49. The van der Waals surface area contributed by atoms with Gasteiger partial charge in [-0.25, -0.2) is 13.2 Å². The molecule has 1 amide bonds. The Labute approximate surface area is 249 Å². The third-order valence-electron chi connectivity index (χ3n) is 7.52. The van der Waals surface area contributed by atoms with Crippen LogP contribution in [0.5, 0.6) is 0 Å². The minimum absolute atomic E-state index is 0.0912. The average Bonchev–Trinajstić information content (AvgIpc) is 3.39. The van der Waals surface area contributed by atoms with Crippen molar-refractivity contribution in [2.45, 2.75) is 17.4 Å². The zero-order valence-corrected chi connectivity index (χ0v) is 24.1. The van der Waals surface area contributed by atoms with Crippen molar-refractivity contribution >= 4 is 21.6 Å². The fraction of sp³-hybridized carbons (Fsp3) is 0.152. The number of nitrogens with zero attached hydrogens (tertiary/aromatic N) is 2. The molecule has 5 aromatic rings. The fourth-order valence-corrected chi connectivity index (χ4v) is 6.58. The Hall–Kier alpha value is -4.93. The van der Waals surface area contributed by atoms with Crippen molar-refractivity contribution in [2.75, 3.05) is 24.4 Å². The first-order valence-corrected chi connectivity index (χ1v) is 15.5. The maximum Gasteiger partial charge on any atom is 0.331 e. The Morgan fingerprint density at radius 2 is 1.47 bits per heavy atom. The first-order chi connectivity index (χ1) is 20.9. The summed E-state index contributed by atoms with van der Waals surface area (Å²) in [7, 11) is -3.96. The first kappa shape index (κ1) is 28.2. The predicted molar refractivity (Wildman–Crippen MR) is 167 cm³/mol. The number of sulfonamides is 1. The molecular formula is C33H31N5O4S. The van der Waals surface area contributed by atoms with Crippen molar-refractivity contribution in [2.24, 2.45) is 0 Å². The van der Waals surface area contributed by atoms with E-state index >= 15 is 0 Å². The molecule has 1 aliphatic rings. The summed E-state index contributed by atoms with van der Waals surface area (Å²) in [6.45, 7) is 1.73. The maximum atomic E-state index is 14.3. The van der Waals surface area contributed by atoms with Gasteiger partial charge in [0.15, 0.2) is 0 Å². The molecule has 4 aromatic carbocycles. The third-order valence-corrected chi connectivity index (χ3v) is 8.91. The smallest absolute Gasteiger partial charge is 0.331 e. The van der Waals surface area contributed by atoms with Crippen LogP contribution in [0.2, 0.25) is 0 Å². The van der Waals surface area contributed by atoms with Crippen LogP contribution in [-0.4, -0.2) is 54.5 Å². The van der Waals surface area contributed by atoms with E-state index in [2.05, 4.69) is 15.0 Å². The number of H-pyrrole nitrogens is 1. The predicted octanol–water partition coefficient (Wildman–Crippen LogP) is 4.29.